The van der Waals surface area contributed by atoms with Crippen molar-refractivity contribution in [3.8, 4) is 6.01 Å². The SMILES string of the molecule is COc1nc(Cl)nc(Sc2nc(C)cc(C)c2C(=O)O)n1. The largest absolute Gasteiger partial charge is 0.478 e. The summed E-state index contributed by atoms with van der Waals surface area (Å²) in [6.07, 6.45) is 0. The normalized spacial score (nSPS) is 10.5. The third-order valence-electron chi connectivity index (χ3n) is 2.46. The molecule has 0 bridgehead atoms. The first-order valence-electron chi connectivity index (χ1n) is 5.75. The monoisotopic (exact) mass is 326 g/mol. The molecule has 0 aliphatic carbocycles. The van der Waals surface area contributed by atoms with Crippen molar-refractivity contribution >= 4 is 29.3 Å². The lowest BCUT2D eigenvalue weighted by atomic mass is 10.1. The number of methoxy groups -OCH3 is 1. The Bertz CT molecular complexity index is 711. The van der Waals surface area contributed by atoms with Crippen LogP contribution in [0.4, 0.5) is 0 Å². The molecule has 0 atom stereocenters. The lowest BCUT2D eigenvalue weighted by Crippen LogP contribution is -2.06. The molecule has 0 fully saturated rings. The van der Waals surface area contributed by atoms with E-state index in [2.05, 4.69) is 19.9 Å². The zero-order valence-corrected chi connectivity index (χ0v) is 13.0. The van der Waals surface area contributed by atoms with Crippen LogP contribution in [0.5, 0.6) is 6.01 Å². The minimum Gasteiger partial charge on any atom is -0.478 e. The van der Waals surface area contributed by atoms with Crippen molar-refractivity contribution in [3.63, 3.8) is 0 Å². The maximum atomic E-state index is 11.4. The van der Waals surface area contributed by atoms with Crippen LogP contribution in [0.15, 0.2) is 16.2 Å². The Morgan fingerprint density at radius 1 is 1.29 bits per heavy atom. The Hall–Kier alpha value is -1.93. The molecule has 0 spiro atoms. The third kappa shape index (κ3) is 3.59. The molecule has 0 saturated heterocycles. The van der Waals surface area contributed by atoms with Crippen molar-refractivity contribution in [3.05, 3.63) is 28.2 Å². The van der Waals surface area contributed by atoms with E-state index in [1.54, 1.807) is 19.9 Å². The summed E-state index contributed by atoms with van der Waals surface area (Å²) in [4.78, 5) is 27.3. The second-order valence-electron chi connectivity index (χ2n) is 4.04. The molecule has 0 radical (unpaired) electrons. The van der Waals surface area contributed by atoms with Crippen LogP contribution >= 0.6 is 23.4 Å². The number of halogens is 1. The highest BCUT2D eigenvalue weighted by molar-refractivity contribution is 7.99. The van der Waals surface area contributed by atoms with Gasteiger partial charge in [0.15, 0.2) is 0 Å². The zero-order chi connectivity index (χ0) is 15.6. The van der Waals surface area contributed by atoms with Crippen LogP contribution in [0.1, 0.15) is 21.6 Å². The molecule has 2 rings (SSSR count). The second-order valence-corrected chi connectivity index (χ2v) is 5.34. The fraction of sp³-hybridized carbons (Fsp3) is 0.250. The van der Waals surface area contributed by atoms with Crippen LogP contribution in [0, 0.1) is 13.8 Å². The number of aryl methyl sites for hydroxylation is 2. The molecule has 0 aliphatic rings. The van der Waals surface area contributed by atoms with Gasteiger partial charge in [-0.15, -0.1) is 0 Å². The molecular weight excluding hydrogens is 316 g/mol. The molecule has 2 aromatic rings. The molecule has 0 aromatic carbocycles. The number of hydrogen-bond donors (Lipinski definition) is 1. The second kappa shape index (κ2) is 6.23. The lowest BCUT2D eigenvalue weighted by Gasteiger charge is -2.08. The number of carbonyl (C=O) groups is 1. The summed E-state index contributed by atoms with van der Waals surface area (Å²) < 4.78 is 4.90. The van der Waals surface area contributed by atoms with Crippen molar-refractivity contribution in [1.29, 1.82) is 0 Å². The van der Waals surface area contributed by atoms with Gasteiger partial charge in [0.25, 0.3) is 0 Å². The van der Waals surface area contributed by atoms with Crippen LogP contribution < -0.4 is 4.74 Å². The molecule has 21 heavy (non-hydrogen) atoms. The lowest BCUT2D eigenvalue weighted by molar-refractivity contribution is 0.0691. The average molecular weight is 327 g/mol. The van der Waals surface area contributed by atoms with E-state index in [0.717, 1.165) is 11.8 Å². The molecule has 0 amide bonds. The summed E-state index contributed by atoms with van der Waals surface area (Å²) in [5.74, 6) is -1.06. The van der Waals surface area contributed by atoms with E-state index >= 15 is 0 Å². The maximum absolute atomic E-state index is 11.4. The van der Waals surface area contributed by atoms with E-state index in [1.807, 2.05) is 0 Å². The van der Waals surface area contributed by atoms with Crippen LogP contribution in [-0.2, 0) is 0 Å². The summed E-state index contributed by atoms with van der Waals surface area (Å²) in [6.45, 7) is 3.49. The van der Waals surface area contributed by atoms with E-state index in [9.17, 15) is 9.90 Å². The van der Waals surface area contributed by atoms with Gasteiger partial charge in [-0.2, -0.15) is 15.0 Å². The standard InChI is InChI=1S/C12H11ClN4O3S/c1-5-4-6(2)14-8(7(5)9(18)19)21-12-16-10(13)15-11(17-12)20-3/h4H,1-3H3,(H,18,19). The molecule has 110 valence electrons. The van der Waals surface area contributed by atoms with E-state index in [4.69, 9.17) is 16.3 Å². The predicted molar refractivity (Wildman–Crippen MR) is 76.2 cm³/mol. The van der Waals surface area contributed by atoms with Gasteiger partial charge in [-0.1, -0.05) is 0 Å². The highest BCUT2D eigenvalue weighted by atomic mass is 35.5. The van der Waals surface area contributed by atoms with Gasteiger partial charge in [0.1, 0.15) is 5.03 Å². The van der Waals surface area contributed by atoms with Gasteiger partial charge in [-0.05, 0) is 48.8 Å². The molecule has 1 N–H and O–H groups in total. The van der Waals surface area contributed by atoms with E-state index < -0.39 is 5.97 Å². The highest BCUT2D eigenvalue weighted by Gasteiger charge is 2.18. The Morgan fingerprint density at radius 3 is 2.62 bits per heavy atom. The minimum absolute atomic E-state index is 0.0365. The third-order valence-corrected chi connectivity index (χ3v) is 3.49. The molecule has 0 aliphatic heterocycles. The minimum atomic E-state index is -1.06. The number of rotatable bonds is 4. The topological polar surface area (TPSA) is 98.1 Å². The number of carboxylic acids is 1. The van der Waals surface area contributed by atoms with Crippen LogP contribution in [0.3, 0.4) is 0 Å². The fourth-order valence-electron chi connectivity index (χ4n) is 1.67. The van der Waals surface area contributed by atoms with Gasteiger partial charge in [-0.3, -0.25) is 0 Å². The first-order valence-corrected chi connectivity index (χ1v) is 6.95. The molecule has 9 heteroatoms. The summed E-state index contributed by atoms with van der Waals surface area (Å²) in [5, 5.41) is 9.79. The first kappa shape index (κ1) is 15.5. The van der Waals surface area contributed by atoms with E-state index in [0.29, 0.717) is 16.3 Å². The van der Waals surface area contributed by atoms with Gasteiger partial charge >= 0.3 is 12.0 Å². The number of pyridine rings is 1. The van der Waals surface area contributed by atoms with Gasteiger partial charge in [0.05, 0.1) is 12.7 Å². The molecule has 0 saturated carbocycles. The first-order chi connectivity index (χ1) is 9.90. The Labute approximate surface area is 129 Å². The quantitative estimate of drug-likeness (QED) is 0.914. The number of nitrogens with zero attached hydrogens (tertiary/aromatic N) is 4. The van der Waals surface area contributed by atoms with Crippen molar-refractivity contribution in [1.82, 2.24) is 19.9 Å². The number of hydrogen-bond acceptors (Lipinski definition) is 7. The van der Waals surface area contributed by atoms with Crippen LogP contribution in [0.25, 0.3) is 0 Å². The maximum Gasteiger partial charge on any atom is 0.338 e. The van der Waals surface area contributed by atoms with Gasteiger partial charge in [-0.25, -0.2) is 9.78 Å². The average Bonchev–Trinajstić information content (AvgIpc) is 2.36. The number of aromatic nitrogens is 4. The van der Waals surface area contributed by atoms with Gasteiger partial charge in [0.2, 0.25) is 10.4 Å². The smallest absolute Gasteiger partial charge is 0.338 e. The van der Waals surface area contributed by atoms with Crippen molar-refractivity contribution in [2.45, 2.75) is 24.0 Å². The van der Waals surface area contributed by atoms with E-state index in [1.165, 1.54) is 7.11 Å². The van der Waals surface area contributed by atoms with Gasteiger partial charge in [0, 0.05) is 5.69 Å². The summed E-state index contributed by atoms with van der Waals surface area (Å²) >= 11 is 6.76. The summed E-state index contributed by atoms with van der Waals surface area (Å²) in [5.41, 5.74) is 1.43. The van der Waals surface area contributed by atoms with Crippen molar-refractivity contribution in [2.24, 2.45) is 0 Å². The fourth-order valence-corrected chi connectivity index (χ4v) is 2.85. The molecule has 0 unspecified atom stereocenters. The predicted octanol–water partition coefficient (Wildman–Crippen LogP) is 2.39. The Kier molecular flexibility index (Phi) is 4.59. The Morgan fingerprint density at radius 2 is 2.00 bits per heavy atom. The molecule has 7 nitrogen and oxygen atoms in total. The number of carboxylic acid groups (broad SMARTS) is 1. The Balaban J connectivity index is 2.48. The zero-order valence-electron chi connectivity index (χ0n) is 11.4. The number of ether oxygens (including phenoxy) is 1. The molecular formula is C12H11ClN4O3S. The summed E-state index contributed by atoms with van der Waals surface area (Å²) in [6, 6.07) is 1.76. The van der Waals surface area contributed by atoms with Crippen LogP contribution in [0.2, 0.25) is 5.28 Å². The number of aromatic carboxylic acids is 1. The van der Waals surface area contributed by atoms with Crippen molar-refractivity contribution in [2.75, 3.05) is 7.11 Å². The highest BCUT2D eigenvalue weighted by Crippen LogP contribution is 2.29. The molecule has 2 heterocycles. The van der Waals surface area contributed by atoms with Gasteiger partial charge < -0.3 is 9.84 Å². The molecule has 2 aromatic heterocycles. The summed E-state index contributed by atoms with van der Waals surface area (Å²) in [7, 11) is 1.40. The van der Waals surface area contributed by atoms with Crippen molar-refractivity contribution < 1.29 is 14.6 Å². The van der Waals surface area contributed by atoms with E-state index in [-0.39, 0.29) is 22.0 Å². The van der Waals surface area contributed by atoms with Crippen LogP contribution in [-0.4, -0.2) is 38.1 Å².